The number of nitrogens with zero attached hydrogens (tertiary/aromatic N) is 3. The fourth-order valence-electron chi connectivity index (χ4n) is 1.16. The Morgan fingerprint density at radius 3 is 2.25 bits per heavy atom. The van der Waals surface area contributed by atoms with Gasteiger partial charge in [-0.3, -0.25) is 0 Å². The molecule has 16 heavy (non-hydrogen) atoms. The van der Waals surface area contributed by atoms with Gasteiger partial charge in [-0.05, 0) is 12.1 Å². The first-order valence-electron chi connectivity index (χ1n) is 4.62. The van der Waals surface area contributed by atoms with Crippen LogP contribution in [0, 0.1) is 11.3 Å². The molecule has 0 aliphatic heterocycles. The minimum atomic E-state index is -3.61. The van der Waals surface area contributed by atoms with E-state index >= 15 is 0 Å². The first-order chi connectivity index (χ1) is 7.50. The van der Waals surface area contributed by atoms with Gasteiger partial charge in [0.05, 0.1) is 11.8 Å². The van der Waals surface area contributed by atoms with Crippen molar-refractivity contribution in [3.8, 4) is 6.07 Å². The Labute approximate surface area is 95.7 Å². The zero-order valence-electron chi connectivity index (χ0n) is 9.16. The molecule has 1 aromatic rings. The number of para-hydroxylation sites is 1. The second kappa shape index (κ2) is 4.96. The average Bonchev–Trinajstić information content (AvgIpc) is 2.26. The molecule has 6 heteroatoms. The molecule has 0 saturated carbocycles. The topological polar surface area (TPSA) is 64.4 Å². The van der Waals surface area contributed by atoms with Crippen molar-refractivity contribution in [2.24, 2.45) is 0 Å². The van der Waals surface area contributed by atoms with Crippen molar-refractivity contribution in [2.45, 2.75) is 0 Å². The molecular weight excluding hydrogens is 226 g/mol. The summed E-state index contributed by atoms with van der Waals surface area (Å²) >= 11 is 0. The third kappa shape index (κ3) is 2.51. The second-order valence-corrected chi connectivity index (χ2v) is 5.36. The predicted molar refractivity (Wildman–Crippen MR) is 62.0 cm³/mol. The van der Waals surface area contributed by atoms with E-state index in [4.69, 9.17) is 5.26 Å². The van der Waals surface area contributed by atoms with Gasteiger partial charge >= 0.3 is 10.2 Å². The van der Waals surface area contributed by atoms with Gasteiger partial charge < -0.3 is 0 Å². The van der Waals surface area contributed by atoms with Crippen LogP contribution in [-0.2, 0) is 10.2 Å². The molecule has 0 N–H and O–H groups in total. The van der Waals surface area contributed by atoms with Crippen molar-refractivity contribution in [3.63, 3.8) is 0 Å². The molecule has 0 fully saturated rings. The highest BCUT2D eigenvalue weighted by Gasteiger charge is 2.24. The number of hydrogen-bond donors (Lipinski definition) is 0. The molecule has 0 amide bonds. The Kier molecular flexibility index (Phi) is 3.88. The third-order valence-corrected chi connectivity index (χ3v) is 3.82. The van der Waals surface area contributed by atoms with Gasteiger partial charge in [-0.1, -0.05) is 18.2 Å². The van der Waals surface area contributed by atoms with Crippen LogP contribution in [0.2, 0.25) is 0 Å². The van der Waals surface area contributed by atoms with E-state index < -0.39 is 10.2 Å². The Morgan fingerprint density at radius 1 is 1.25 bits per heavy atom. The molecule has 1 aromatic carbocycles. The van der Waals surface area contributed by atoms with E-state index in [0.29, 0.717) is 5.69 Å². The SMILES string of the molecule is CN(C)S(=O)(=O)N(CC#N)c1ccccc1. The second-order valence-electron chi connectivity index (χ2n) is 3.29. The van der Waals surface area contributed by atoms with Crippen LogP contribution in [0.3, 0.4) is 0 Å². The van der Waals surface area contributed by atoms with Crippen molar-refractivity contribution in [1.29, 1.82) is 5.26 Å². The molecule has 5 nitrogen and oxygen atoms in total. The highest BCUT2D eigenvalue weighted by atomic mass is 32.2. The van der Waals surface area contributed by atoms with Crippen LogP contribution in [0.25, 0.3) is 0 Å². The molecule has 0 aliphatic carbocycles. The lowest BCUT2D eigenvalue weighted by molar-refractivity contribution is 0.517. The molecule has 0 spiro atoms. The molecule has 0 aliphatic rings. The van der Waals surface area contributed by atoms with Gasteiger partial charge in [-0.2, -0.15) is 18.0 Å². The van der Waals surface area contributed by atoms with E-state index in [2.05, 4.69) is 0 Å². The van der Waals surface area contributed by atoms with E-state index in [9.17, 15) is 8.42 Å². The van der Waals surface area contributed by atoms with Crippen LogP contribution in [0.4, 0.5) is 5.69 Å². The maximum absolute atomic E-state index is 11.9. The number of rotatable bonds is 4. The largest absolute Gasteiger partial charge is 0.304 e. The van der Waals surface area contributed by atoms with Crippen molar-refractivity contribution in [3.05, 3.63) is 30.3 Å². The molecule has 86 valence electrons. The van der Waals surface area contributed by atoms with E-state index in [1.165, 1.54) is 14.1 Å². The van der Waals surface area contributed by atoms with Crippen LogP contribution < -0.4 is 4.31 Å². The number of anilines is 1. The fraction of sp³-hybridized carbons (Fsp3) is 0.300. The standard InChI is InChI=1S/C10H13N3O2S/c1-12(2)16(14,15)13(9-8-11)10-6-4-3-5-7-10/h3-7H,9H2,1-2H3. The number of benzene rings is 1. The van der Waals surface area contributed by atoms with E-state index in [-0.39, 0.29) is 6.54 Å². The third-order valence-electron chi connectivity index (χ3n) is 2.00. The normalized spacial score (nSPS) is 11.1. The number of nitriles is 1. The summed E-state index contributed by atoms with van der Waals surface area (Å²) in [5, 5.41) is 8.67. The molecule has 0 aromatic heterocycles. The highest BCUT2D eigenvalue weighted by Crippen LogP contribution is 2.17. The minimum Gasteiger partial charge on any atom is -0.244 e. The summed E-state index contributed by atoms with van der Waals surface area (Å²) in [5.41, 5.74) is 0.484. The van der Waals surface area contributed by atoms with Gasteiger partial charge in [-0.15, -0.1) is 0 Å². The van der Waals surface area contributed by atoms with Gasteiger partial charge in [0, 0.05) is 14.1 Å². The van der Waals surface area contributed by atoms with Crippen molar-refractivity contribution in [2.75, 3.05) is 24.9 Å². The van der Waals surface area contributed by atoms with Gasteiger partial charge in [0.15, 0.2) is 0 Å². The zero-order chi connectivity index (χ0) is 12.2. The van der Waals surface area contributed by atoms with Crippen molar-refractivity contribution < 1.29 is 8.42 Å². The zero-order valence-corrected chi connectivity index (χ0v) is 9.98. The summed E-state index contributed by atoms with van der Waals surface area (Å²) in [7, 11) is -0.744. The van der Waals surface area contributed by atoms with Crippen LogP contribution >= 0.6 is 0 Å². The maximum Gasteiger partial charge on any atom is 0.304 e. The summed E-state index contributed by atoms with van der Waals surface area (Å²) in [6.45, 7) is -0.204. The Bertz CT molecular complexity index is 477. The van der Waals surface area contributed by atoms with Crippen molar-refractivity contribution in [1.82, 2.24) is 4.31 Å². The molecule has 0 unspecified atom stereocenters. The van der Waals surface area contributed by atoms with Crippen LogP contribution in [0.5, 0.6) is 0 Å². The minimum absolute atomic E-state index is 0.204. The molecule has 0 atom stereocenters. The Morgan fingerprint density at radius 2 is 1.81 bits per heavy atom. The highest BCUT2D eigenvalue weighted by molar-refractivity contribution is 7.90. The average molecular weight is 239 g/mol. The van der Waals surface area contributed by atoms with Crippen LogP contribution in [0.1, 0.15) is 0 Å². The lowest BCUT2D eigenvalue weighted by Gasteiger charge is -2.24. The van der Waals surface area contributed by atoms with Gasteiger partial charge in [0.25, 0.3) is 0 Å². The first-order valence-corrected chi connectivity index (χ1v) is 6.02. The molecule has 0 heterocycles. The molecule has 0 bridgehead atoms. The Balaban J connectivity index is 3.17. The molecular formula is C10H13N3O2S. The Hall–Kier alpha value is -1.58. The molecule has 0 radical (unpaired) electrons. The summed E-state index contributed by atoms with van der Waals surface area (Å²) in [6.07, 6.45) is 0. The van der Waals surface area contributed by atoms with Gasteiger partial charge in [0.2, 0.25) is 0 Å². The van der Waals surface area contributed by atoms with Crippen LogP contribution in [-0.4, -0.2) is 33.4 Å². The summed E-state index contributed by atoms with van der Waals surface area (Å²) in [4.78, 5) is 0. The van der Waals surface area contributed by atoms with Gasteiger partial charge in [0.1, 0.15) is 6.54 Å². The monoisotopic (exact) mass is 239 g/mol. The number of hydrogen-bond acceptors (Lipinski definition) is 3. The molecule has 0 saturated heterocycles. The van der Waals surface area contributed by atoms with E-state index in [0.717, 1.165) is 8.61 Å². The molecule has 1 rings (SSSR count). The smallest absolute Gasteiger partial charge is 0.244 e. The van der Waals surface area contributed by atoms with Gasteiger partial charge in [-0.25, -0.2) is 4.31 Å². The lowest BCUT2D eigenvalue weighted by Crippen LogP contribution is -2.40. The lowest BCUT2D eigenvalue weighted by atomic mass is 10.3. The summed E-state index contributed by atoms with van der Waals surface area (Å²) < 4.78 is 26.0. The van der Waals surface area contributed by atoms with Crippen LogP contribution in [0.15, 0.2) is 30.3 Å². The summed E-state index contributed by atoms with van der Waals surface area (Å²) in [5.74, 6) is 0. The maximum atomic E-state index is 11.9. The quantitative estimate of drug-likeness (QED) is 0.731. The van der Waals surface area contributed by atoms with Crippen molar-refractivity contribution >= 4 is 15.9 Å². The first kappa shape index (κ1) is 12.5. The van der Waals surface area contributed by atoms with E-state index in [1.54, 1.807) is 30.3 Å². The summed E-state index contributed by atoms with van der Waals surface area (Å²) in [6, 6.07) is 10.4. The predicted octanol–water partition coefficient (Wildman–Crippen LogP) is 0.823. The fourth-order valence-corrected chi connectivity index (χ4v) is 2.16. The van der Waals surface area contributed by atoms with E-state index in [1.807, 2.05) is 6.07 Å².